The van der Waals surface area contributed by atoms with Crippen LogP contribution in [0.5, 0.6) is 0 Å². The van der Waals surface area contributed by atoms with Gasteiger partial charge in [-0.2, -0.15) is 0 Å². The van der Waals surface area contributed by atoms with Crippen LogP contribution >= 0.6 is 0 Å². The molecule has 3 fully saturated rings. The number of hydrogen-bond donors (Lipinski definition) is 3. The van der Waals surface area contributed by atoms with Crippen molar-refractivity contribution in [2.24, 2.45) is 23.2 Å². The molecule has 0 aliphatic heterocycles. The van der Waals surface area contributed by atoms with Gasteiger partial charge in [0.05, 0.1) is 17.8 Å². The molecular formula is C27H42O4. The van der Waals surface area contributed by atoms with E-state index in [1.807, 2.05) is 0 Å². The monoisotopic (exact) mass is 430 g/mol. The summed E-state index contributed by atoms with van der Waals surface area (Å²) >= 11 is 0. The van der Waals surface area contributed by atoms with Gasteiger partial charge in [0.1, 0.15) is 5.78 Å². The van der Waals surface area contributed by atoms with Gasteiger partial charge in [-0.05, 0) is 86.7 Å². The van der Waals surface area contributed by atoms with Gasteiger partial charge in [-0.15, -0.1) is 0 Å². The molecule has 3 rings (SSSR count). The molecule has 0 aromatic heterocycles. The van der Waals surface area contributed by atoms with Gasteiger partial charge >= 0.3 is 0 Å². The van der Waals surface area contributed by atoms with E-state index in [4.69, 9.17) is 0 Å². The second kappa shape index (κ2) is 9.33. The molecule has 0 heterocycles. The highest BCUT2D eigenvalue weighted by Crippen LogP contribution is 2.59. The molecule has 6 atom stereocenters. The number of allylic oxidation sites excluding steroid dienone is 3. The third kappa shape index (κ3) is 5.58. The van der Waals surface area contributed by atoms with Crippen LogP contribution in [0.15, 0.2) is 35.5 Å². The van der Waals surface area contributed by atoms with Crippen LogP contribution in [0.25, 0.3) is 0 Å². The first-order valence-corrected chi connectivity index (χ1v) is 12.1. The second-order valence-electron chi connectivity index (χ2n) is 11.4. The highest BCUT2D eigenvalue weighted by Gasteiger charge is 2.50. The number of carbonyl (C=O) groups is 1. The largest absolute Gasteiger partial charge is 0.393 e. The molecule has 3 aliphatic carbocycles. The van der Waals surface area contributed by atoms with E-state index in [1.165, 1.54) is 12.0 Å². The minimum absolute atomic E-state index is 0.163. The highest BCUT2D eigenvalue weighted by atomic mass is 16.3. The SMILES string of the molecule is C=C1/C(=C\C=C2/CCC[C@@]3(C)C2CC[C@@H]3[C@H](C)CC(=O)CC(C)(C)O)C[C@@H](O)CC1O. The molecule has 0 spiro atoms. The molecule has 4 heteroatoms. The van der Waals surface area contributed by atoms with E-state index in [2.05, 4.69) is 32.6 Å². The molecule has 0 amide bonds. The maximum atomic E-state index is 12.5. The summed E-state index contributed by atoms with van der Waals surface area (Å²) in [6.07, 6.45) is 10.6. The van der Waals surface area contributed by atoms with E-state index in [0.29, 0.717) is 37.0 Å². The quantitative estimate of drug-likeness (QED) is 0.561. The third-order valence-electron chi connectivity index (χ3n) is 8.17. The summed E-state index contributed by atoms with van der Waals surface area (Å²) in [4.78, 5) is 12.5. The summed E-state index contributed by atoms with van der Waals surface area (Å²) in [5.41, 5.74) is 2.45. The maximum Gasteiger partial charge on any atom is 0.136 e. The Morgan fingerprint density at radius 1 is 1.29 bits per heavy atom. The predicted octanol–water partition coefficient (Wildman–Crippen LogP) is 4.88. The van der Waals surface area contributed by atoms with Crippen molar-refractivity contribution >= 4 is 5.78 Å². The zero-order valence-electron chi connectivity index (χ0n) is 19.9. The van der Waals surface area contributed by atoms with Crippen LogP contribution in [0.2, 0.25) is 0 Å². The summed E-state index contributed by atoms with van der Waals surface area (Å²) in [5.74, 6) is 1.54. The van der Waals surface area contributed by atoms with Crippen LogP contribution in [0.4, 0.5) is 0 Å². The van der Waals surface area contributed by atoms with E-state index in [9.17, 15) is 20.1 Å². The van der Waals surface area contributed by atoms with Crippen molar-refractivity contribution in [2.75, 3.05) is 0 Å². The minimum atomic E-state index is -0.933. The summed E-state index contributed by atoms with van der Waals surface area (Å²) in [7, 11) is 0. The Kier molecular flexibility index (Phi) is 7.35. The Morgan fingerprint density at radius 3 is 2.68 bits per heavy atom. The number of hydrogen-bond acceptors (Lipinski definition) is 4. The number of carbonyl (C=O) groups excluding carboxylic acids is 1. The van der Waals surface area contributed by atoms with Gasteiger partial charge in [-0.3, -0.25) is 4.79 Å². The maximum absolute atomic E-state index is 12.5. The standard InChI is InChI=1S/C27H42O4/c1-17(13-22(29)16-26(3,4)31)23-10-11-24-19(7-6-12-27(23,24)5)8-9-20-14-21(28)15-25(30)18(20)2/h8-9,17,21,23-25,28,30-31H,2,6-7,10-16H2,1,3-5H3/b19-8+,20-9-/t17-,21-,23-,24?,25?,27-/m1/s1. The van der Waals surface area contributed by atoms with Crippen molar-refractivity contribution in [2.45, 2.75) is 103 Å². The summed E-state index contributed by atoms with van der Waals surface area (Å²) in [5, 5.41) is 30.1. The molecule has 4 nitrogen and oxygen atoms in total. The molecule has 0 aromatic rings. The lowest BCUT2D eigenvalue weighted by atomic mass is 9.60. The average Bonchev–Trinajstić information content (AvgIpc) is 2.99. The van der Waals surface area contributed by atoms with Gasteiger partial charge < -0.3 is 15.3 Å². The molecule has 0 radical (unpaired) electrons. The minimum Gasteiger partial charge on any atom is -0.393 e. The lowest BCUT2D eigenvalue weighted by molar-refractivity contribution is -0.124. The Labute approximate surface area is 188 Å². The predicted molar refractivity (Wildman–Crippen MR) is 124 cm³/mol. The van der Waals surface area contributed by atoms with E-state index in [-0.39, 0.29) is 17.6 Å². The number of ketones is 1. The van der Waals surface area contributed by atoms with E-state index in [1.54, 1.807) is 13.8 Å². The van der Waals surface area contributed by atoms with Crippen molar-refractivity contribution in [3.8, 4) is 0 Å². The summed E-state index contributed by atoms with van der Waals surface area (Å²) in [6.45, 7) is 12.1. The molecule has 0 aromatic carbocycles. The fraction of sp³-hybridized carbons (Fsp3) is 0.741. The van der Waals surface area contributed by atoms with E-state index < -0.39 is 17.8 Å². The number of aliphatic hydroxyl groups excluding tert-OH is 2. The fourth-order valence-corrected chi connectivity index (χ4v) is 6.74. The molecule has 2 unspecified atom stereocenters. The second-order valence-corrected chi connectivity index (χ2v) is 11.4. The van der Waals surface area contributed by atoms with Crippen LogP contribution in [0.1, 0.15) is 85.5 Å². The van der Waals surface area contributed by atoms with Crippen LogP contribution in [0.3, 0.4) is 0 Å². The first-order valence-electron chi connectivity index (χ1n) is 12.1. The Hall–Kier alpha value is -1.23. The molecule has 3 N–H and O–H groups in total. The van der Waals surface area contributed by atoms with Crippen molar-refractivity contribution in [1.82, 2.24) is 0 Å². The molecule has 3 aliphatic rings. The topological polar surface area (TPSA) is 77.8 Å². The highest BCUT2D eigenvalue weighted by molar-refractivity contribution is 5.79. The summed E-state index contributed by atoms with van der Waals surface area (Å²) < 4.78 is 0. The van der Waals surface area contributed by atoms with Crippen LogP contribution in [0, 0.1) is 23.2 Å². The van der Waals surface area contributed by atoms with Crippen molar-refractivity contribution in [1.29, 1.82) is 0 Å². The zero-order valence-corrected chi connectivity index (χ0v) is 19.9. The number of Topliss-reactive ketones (excluding diaryl/α,β-unsaturated/α-hetero) is 1. The normalized spacial score (nSPS) is 37.8. The molecule has 0 saturated heterocycles. The van der Waals surface area contributed by atoms with E-state index >= 15 is 0 Å². The molecule has 174 valence electrons. The number of rotatable bonds is 6. The molecular weight excluding hydrogens is 388 g/mol. The van der Waals surface area contributed by atoms with Crippen LogP contribution in [-0.4, -0.2) is 38.9 Å². The summed E-state index contributed by atoms with van der Waals surface area (Å²) in [6, 6.07) is 0. The first kappa shape index (κ1) is 24.4. The molecule has 0 bridgehead atoms. The lowest BCUT2D eigenvalue weighted by Crippen LogP contribution is -2.36. The van der Waals surface area contributed by atoms with Gasteiger partial charge in [0, 0.05) is 19.3 Å². The van der Waals surface area contributed by atoms with Crippen LogP contribution in [-0.2, 0) is 4.79 Å². The smallest absolute Gasteiger partial charge is 0.136 e. The molecule has 31 heavy (non-hydrogen) atoms. The third-order valence-corrected chi connectivity index (χ3v) is 8.17. The van der Waals surface area contributed by atoms with Crippen molar-refractivity contribution < 1.29 is 20.1 Å². The van der Waals surface area contributed by atoms with Crippen molar-refractivity contribution in [3.05, 3.63) is 35.5 Å². The number of aliphatic hydroxyl groups is 3. The van der Waals surface area contributed by atoms with Gasteiger partial charge in [0.2, 0.25) is 0 Å². The Balaban J connectivity index is 1.73. The number of fused-ring (bicyclic) bond motifs is 1. The lowest BCUT2D eigenvalue weighted by Gasteiger charge is -2.44. The fourth-order valence-electron chi connectivity index (χ4n) is 6.74. The Bertz CT molecular complexity index is 756. The zero-order chi connectivity index (χ0) is 23.0. The van der Waals surface area contributed by atoms with Gasteiger partial charge in [0.15, 0.2) is 0 Å². The average molecular weight is 431 g/mol. The van der Waals surface area contributed by atoms with Gasteiger partial charge in [0.25, 0.3) is 0 Å². The van der Waals surface area contributed by atoms with Gasteiger partial charge in [-0.1, -0.05) is 38.2 Å². The van der Waals surface area contributed by atoms with Gasteiger partial charge in [-0.25, -0.2) is 0 Å². The molecule has 3 saturated carbocycles. The van der Waals surface area contributed by atoms with Crippen molar-refractivity contribution in [3.63, 3.8) is 0 Å². The van der Waals surface area contributed by atoms with Crippen LogP contribution < -0.4 is 0 Å². The van der Waals surface area contributed by atoms with E-state index in [0.717, 1.165) is 36.8 Å². The Morgan fingerprint density at radius 2 is 2.00 bits per heavy atom. The first-order chi connectivity index (χ1) is 14.4.